The summed E-state index contributed by atoms with van der Waals surface area (Å²) in [5, 5.41) is 5.66. The van der Waals surface area contributed by atoms with Gasteiger partial charge in [-0.3, -0.25) is 14.4 Å². The van der Waals surface area contributed by atoms with Crippen molar-refractivity contribution in [3.63, 3.8) is 0 Å². The van der Waals surface area contributed by atoms with Gasteiger partial charge in [-0.15, -0.1) is 0 Å². The van der Waals surface area contributed by atoms with Crippen molar-refractivity contribution in [2.45, 2.75) is 118 Å². The summed E-state index contributed by atoms with van der Waals surface area (Å²) in [5.74, 6) is -1.40. The third-order valence-corrected chi connectivity index (χ3v) is 6.06. The Morgan fingerprint density at radius 2 is 1.65 bits per heavy atom. The number of aryl methyl sites for hydroxylation is 1. The first-order valence-corrected chi connectivity index (χ1v) is 13.1. The molecule has 0 fully saturated rings. The minimum atomic E-state index is -1.11. The molecule has 1 aromatic rings. The maximum atomic E-state index is 14.0. The molecule has 4 N–H and O–H groups in total. The highest BCUT2D eigenvalue weighted by Crippen LogP contribution is 2.29. The molecular formula is C28H46N4O5. The Bertz CT molecular complexity index is 954. The van der Waals surface area contributed by atoms with Crippen LogP contribution in [0.4, 0.5) is 4.79 Å². The van der Waals surface area contributed by atoms with Crippen molar-refractivity contribution < 1.29 is 23.9 Å². The van der Waals surface area contributed by atoms with Gasteiger partial charge in [0, 0.05) is 18.5 Å². The molecule has 9 heteroatoms. The number of alkyl carbamates (subject to hydrolysis) is 1. The summed E-state index contributed by atoms with van der Waals surface area (Å²) >= 11 is 0. The fourth-order valence-corrected chi connectivity index (χ4v) is 4.17. The normalized spacial score (nSPS) is 13.9. The number of hydrogen-bond donors (Lipinski definition) is 3. The fraction of sp³-hybridized carbons (Fsp3) is 0.643. The van der Waals surface area contributed by atoms with Gasteiger partial charge in [0.25, 0.3) is 0 Å². The number of nitrogens with two attached hydrogens (primary N) is 1. The van der Waals surface area contributed by atoms with Crippen LogP contribution in [0.25, 0.3) is 0 Å². The first kappa shape index (κ1) is 31.9. The lowest BCUT2D eigenvalue weighted by atomic mass is 9.93. The molecule has 9 nitrogen and oxygen atoms in total. The molecule has 0 aliphatic rings. The second-order valence-electron chi connectivity index (χ2n) is 10.9. The highest BCUT2D eigenvalue weighted by Gasteiger charge is 2.38. The molecule has 0 heterocycles. The summed E-state index contributed by atoms with van der Waals surface area (Å²) in [7, 11) is 0. The molecule has 3 atom stereocenters. The standard InChI is InChI=1S/C28H46N4O5/c1-10-12-19(5)30-25(34)24(21-14-11-13-18(4)20(21)6)32(17(2)3)26(35)22(15-16-23(29)33)31-27(36)37-28(7,8)9/h11,13-14,17,19,22,24H,10,12,15-16H2,1-9H3,(H2,29,33)(H,30,34)(H,31,36). The van der Waals surface area contributed by atoms with E-state index in [2.05, 4.69) is 10.6 Å². The van der Waals surface area contributed by atoms with Crippen LogP contribution in [0.3, 0.4) is 0 Å². The summed E-state index contributed by atoms with van der Waals surface area (Å²) < 4.78 is 5.36. The third kappa shape index (κ3) is 10.1. The predicted octanol–water partition coefficient (Wildman–Crippen LogP) is 4.05. The molecule has 1 rings (SSSR count). The van der Waals surface area contributed by atoms with E-state index < -0.39 is 41.6 Å². The van der Waals surface area contributed by atoms with Crippen LogP contribution in [0.1, 0.15) is 96.9 Å². The SMILES string of the molecule is CCCC(C)NC(=O)C(c1cccc(C)c1C)N(C(=O)C(CCC(N)=O)NC(=O)OC(C)(C)C)C(C)C. The molecule has 37 heavy (non-hydrogen) atoms. The predicted molar refractivity (Wildman–Crippen MR) is 145 cm³/mol. The van der Waals surface area contributed by atoms with Gasteiger partial charge in [-0.05, 0) is 84.9 Å². The van der Waals surface area contributed by atoms with Crippen molar-refractivity contribution in [1.82, 2.24) is 15.5 Å². The maximum Gasteiger partial charge on any atom is 0.408 e. The molecule has 0 saturated heterocycles. The average Bonchev–Trinajstić information content (AvgIpc) is 2.75. The van der Waals surface area contributed by atoms with Gasteiger partial charge in [0.2, 0.25) is 17.7 Å². The Morgan fingerprint density at radius 1 is 1.03 bits per heavy atom. The van der Waals surface area contributed by atoms with Crippen LogP contribution in [-0.4, -0.2) is 52.4 Å². The fourth-order valence-electron chi connectivity index (χ4n) is 4.17. The number of carbonyl (C=O) groups excluding carboxylic acids is 4. The molecule has 3 unspecified atom stereocenters. The Hall–Kier alpha value is -3.10. The molecular weight excluding hydrogens is 472 g/mol. The lowest BCUT2D eigenvalue weighted by molar-refractivity contribution is -0.145. The summed E-state index contributed by atoms with van der Waals surface area (Å²) in [6, 6.07) is 3.12. The summed E-state index contributed by atoms with van der Waals surface area (Å²) in [6.07, 6.45) is 0.763. The van der Waals surface area contributed by atoms with Crippen LogP contribution in [-0.2, 0) is 19.1 Å². The van der Waals surface area contributed by atoms with Crippen LogP contribution in [0.15, 0.2) is 18.2 Å². The number of primary amides is 1. The molecule has 0 spiro atoms. The van der Waals surface area contributed by atoms with E-state index in [4.69, 9.17) is 10.5 Å². The topological polar surface area (TPSA) is 131 Å². The molecule has 4 amide bonds. The highest BCUT2D eigenvalue weighted by atomic mass is 16.6. The van der Waals surface area contributed by atoms with E-state index in [1.165, 1.54) is 4.90 Å². The van der Waals surface area contributed by atoms with E-state index in [0.29, 0.717) is 5.56 Å². The highest BCUT2D eigenvalue weighted by molar-refractivity contribution is 5.93. The number of hydrogen-bond acceptors (Lipinski definition) is 5. The minimum absolute atomic E-state index is 0.0238. The molecule has 0 aromatic heterocycles. The first-order valence-electron chi connectivity index (χ1n) is 13.1. The van der Waals surface area contributed by atoms with Crippen molar-refractivity contribution in [2.24, 2.45) is 5.73 Å². The van der Waals surface area contributed by atoms with Gasteiger partial charge in [-0.1, -0.05) is 31.5 Å². The minimum Gasteiger partial charge on any atom is -0.444 e. The largest absolute Gasteiger partial charge is 0.444 e. The number of rotatable bonds is 12. The Morgan fingerprint density at radius 3 is 2.16 bits per heavy atom. The average molecular weight is 519 g/mol. The smallest absolute Gasteiger partial charge is 0.408 e. The van der Waals surface area contributed by atoms with Gasteiger partial charge in [-0.25, -0.2) is 4.79 Å². The number of nitrogens with one attached hydrogen (secondary N) is 2. The quantitative estimate of drug-likeness (QED) is 0.384. The van der Waals surface area contributed by atoms with E-state index in [9.17, 15) is 19.2 Å². The monoisotopic (exact) mass is 518 g/mol. The van der Waals surface area contributed by atoms with Gasteiger partial charge >= 0.3 is 6.09 Å². The Balaban J connectivity index is 3.56. The van der Waals surface area contributed by atoms with Crippen molar-refractivity contribution in [2.75, 3.05) is 0 Å². The van der Waals surface area contributed by atoms with Crippen LogP contribution in [0.2, 0.25) is 0 Å². The van der Waals surface area contributed by atoms with Gasteiger partial charge in [0.05, 0.1) is 0 Å². The van der Waals surface area contributed by atoms with Crippen LogP contribution in [0, 0.1) is 13.8 Å². The van der Waals surface area contributed by atoms with Gasteiger partial charge < -0.3 is 26.0 Å². The molecule has 0 aliphatic carbocycles. The van der Waals surface area contributed by atoms with Crippen molar-refractivity contribution in [1.29, 1.82) is 0 Å². The molecule has 0 saturated carbocycles. The zero-order valence-electron chi connectivity index (χ0n) is 23.9. The number of amides is 4. The molecule has 0 bridgehead atoms. The molecule has 1 aromatic carbocycles. The second-order valence-corrected chi connectivity index (χ2v) is 10.9. The van der Waals surface area contributed by atoms with Gasteiger partial charge in [0.1, 0.15) is 17.7 Å². The zero-order valence-corrected chi connectivity index (χ0v) is 23.9. The first-order chi connectivity index (χ1) is 17.1. The number of nitrogens with zero attached hydrogens (tertiary/aromatic N) is 1. The van der Waals surface area contributed by atoms with Gasteiger partial charge in [-0.2, -0.15) is 0 Å². The van der Waals surface area contributed by atoms with E-state index >= 15 is 0 Å². The molecule has 208 valence electrons. The molecule has 0 radical (unpaired) electrons. The lowest BCUT2D eigenvalue weighted by Gasteiger charge is -2.38. The zero-order chi connectivity index (χ0) is 28.5. The van der Waals surface area contributed by atoms with Crippen molar-refractivity contribution in [3.8, 4) is 0 Å². The summed E-state index contributed by atoms with van der Waals surface area (Å²) in [4.78, 5) is 53.4. The maximum absolute atomic E-state index is 14.0. The van der Waals surface area contributed by atoms with Crippen LogP contribution < -0.4 is 16.4 Å². The summed E-state index contributed by atoms with van der Waals surface area (Å²) in [6.45, 7) is 16.6. The number of ether oxygens (including phenoxy) is 1. The van der Waals surface area contributed by atoms with E-state index in [1.54, 1.807) is 20.8 Å². The van der Waals surface area contributed by atoms with Crippen molar-refractivity contribution in [3.05, 3.63) is 34.9 Å². The van der Waals surface area contributed by atoms with Crippen LogP contribution in [0.5, 0.6) is 0 Å². The van der Waals surface area contributed by atoms with E-state index in [1.807, 2.05) is 59.7 Å². The number of carbonyl (C=O) groups is 4. The second kappa shape index (κ2) is 14.0. The van der Waals surface area contributed by atoms with Gasteiger partial charge in [0.15, 0.2) is 0 Å². The van der Waals surface area contributed by atoms with Crippen molar-refractivity contribution >= 4 is 23.8 Å². The Kier molecular flexibility index (Phi) is 12.1. The van der Waals surface area contributed by atoms with E-state index in [-0.39, 0.29) is 24.8 Å². The molecule has 0 aliphatic heterocycles. The summed E-state index contributed by atoms with van der Waals surface area (Å²) in [5.41, 5.74) is 7.17. The lowest BCUT2D eigenvalue weighted by Crippen LogP contribution is -2.55. The van der Waals surface area contributed by atoms with E-state index in [0.717, 1.165) is 24.0 Å². The Labute approximate surface area is 221 Å². The third-order valence-electron chi connectivity index (χ3n) is 6.06. The number of benzene rings is 1. The van der Waals surface area contributed by atoms with Crippen LogP contribution >= 0.6 is 0 Å².